The summed E-state index contributed by atoms with van der Waals surface area (Å²) < 4.78 is 10.9. The van der Waals surface area contributed by atoms with Gasteiger partial charge in [-0.25, -0.2) is 0 Å². The molecule has 0 aromatic rings. The Morgan fingerprint density at radius 2 is 1.11 bits per heavy atom. The quantitative estimate of drug-likeness (QED) is 0.0704. The predicted molar refractivity (Wildman–Crippen MR) is 158 cm³/mol. The molecule has 222 valence electrons. The minimum absolute atomic E-state index is 0.273. The third kappa shape index (κ3) is 28.2. The largest absolute Gasteiger partial charge is 0.468 e. The van der Waals surface area contributed by atoms with Crippen LogP contribution in [0.4, 0.5) is 0 Å². The van der Waals surface area contributed by atoms with Crippen LogP contribution in [0.25, 0.3) is 0 Å². The van der Waals surface area contributed by atoms with Gasteiger partial charge in [-0.05, 0) is 64.0 Å². The van der Waals surface area contributed by atoms with Gasteiger partial charge in [0.2, 0.25) is 0 Å². The lowest BCUT2D eigenvalue weighted by molar-refractivity contribution is -0.128. The molecule has 0 saturated heterocycles. The maximum atomic E-state index is 10.2. The number of aliphatic hydroxyl groups is 1. The number of carbonyl (C=O) groups is 1. The van der Waals surface area contributed by atoms with Gasteiger partial charge in [-0.3, -0.25) is 4.79 Å². The molecule has 0 amide bonds. The summed E-state index contributed by atoms with van der Waals surface area (Å²) in [5, 5.41) is 9.22. The number of ether oxygens (including phenoxy) is 2. The molecule has 1 N–H and O–H groups in total. The van der Waals surface area contributed by atoms with E-state index in [0.717, 1.165) is 58.0 Å². The minimum atomic E-state index is 0.273. The highest BCUT2D eigenvalue weighted by Gasteiger charge is 2.09. The monoisotopic (exact) mass is 527 g/mol. The highest BCUT2D eigenvalue weighted by molar-refractivity contribution is 5.36. The first-order chi connectivity index (χ1) is 18.3. The van der Waals surface area contributed by atoms with Gasteiger partial charge in [0.05, 0.1) is 6.61 Å². The van der Waals surface area contributed by atoms with Crippen LogP contribution < -0.4 is 0 Å². The highest BCUT2D eigenvalue weighted by atomic mass is 16.5. The molecular formula is C32H65NO4. The summed E-state index contributed by atoms with van der Waals surface area (Å²) >= 11 is 0. The molecule has 5 nitrogen and oxygen atoms in total. The second kappa shape index (κ2) is 31.6. The maximum Gasteiger partial charge on any atom is 0.293 e. The Morgan fingerprint density at radius 1 is 0.622 bits per heavy atom. The van der Waals surface area contributed by atoms with E-state index in [4.69, 9.17) is 9.47 Å². The summed E-state index contributed by atoms with van der Waals surface area (Å²) in [7, 11) is 0. The normalized spacial score (nSPS) is 12.3. The maximum absolute atomic E-state index is 10.2. The topological polar surface area (TPSA) is 59.0 Å². The molecule has 0 radical (unpaired) electrons. The van der Waals surface area contributed by atoms with Crippen LogP contribution in [0.3, 0.4) is 0 Å². The Balaban J connectivity index is 3.92. The number of nitrogens with zero attached hydrogens (tertiary/aromatic N) is 1. The first-order valence-electron chi connectivity index (χ1n) is 16.2. The van der Waals surface area contributed by atoms with Crippen molar-refractivity contribution in [1.29, 1.82) is 0 Å². The summed E-state index contributed by atoms with van der Waals surface area (Å²) in [6, 6.07) is 0. The van der Waals surface area contributed by atoms with Crippen molar-refractivity contribution in [3.63, 3.8) is 0 Å². The van der Waals surface area contributed by atoms with Gasteiger partial charge >= 0.3 is 0 Å². The summed E-state index contributed by atoms with van der Waals surface area (Å²) in [5.41, 5.74) is 0. The predicted octanol–water partition coefficient (Wildman–Crippen LogP) is 8.32. The molecule has 5 heteroatoms. The number of hydrogen-bond acceptors (Lipinski definition) is 5. The summed E-state index contributed by atoms with van der Waals surface area (Å²) in [6.45, 7) is 11.1. The van der Waals surface area contributed by atoms with E-state index < -0.39 is 0 Å². The van der Waals surface area contributed by atoms with Gasteiger partial charge in [-0.1, -0.05) is 104 Å². The van der Waals surface area contributed by atoms with Crippen LogP contribution in [0, 0.1) is 5.92 Å². The zero-order chi connectivity index (χ0) is 27.1. The second-order valence-corrected chi connectivity index (χ2v) is 11.1. The van der Waals surface area contributed by atoms with Crippen LogP contribution in [-0.4, -0.2) is 62.5 Å². The number of hydrogen-bond donors (Lipinski definition) is 1. The van der Waals surface area contributed by atoms with Gasteiger partial charge in [-0.15, -0.1) is 0 Å². The average molecular weight is 528 g/mol. The summed E-state index contributed by atoms with van der Waals surface area (Å²) in [5.74, 6) is 0.764. The van der Waals surface area contributed by atoms with Crippen molar-refractivity contribution < 1.29 is 19.4 Å². The summed E-state index contributed by atoms with van der Waals surface area (Å²) in [4.78, 5) is 12.7. The number of rotatable bonds is 32. The van der Waals surface area contributed by atoms with Gasteiger partial charge in [0.1, 0.15) is 0 Å². The van der Waals surface area contributed by atoms with E-state index >= 15 is 0 Å². The number of aliphatic hydroxyl groups excluding tert-OH is 1. The van der Waals surface area contributed by atoms with Crippen LogP contribution in [0.2, 0.25) is 0 Å². The van der Waals surface area contributed by atoms with E-state index in [0.29, 0.717) is 13.1 Å². The smallest absolute Gasteiger partial charge is 0.293 e. The fourth-order valence-corrected chi connectivity index (χ4v) is 5.08. The zero-order valence-corrected chi connectivity index (χ0v) is 25.1. The van der Waals surface area contributed by atoms with E-state index in [1.165, 1.54) is 116 Å². The van der Waals surface area contributed by atoms with E-state index in [9.17, 15) is 9.90 Å². The molecule has 0 aliphatic carbocycles. The molecule has 0 heterocycles. The molecule has 0 fully saturated rings. The SMILES string of the molecule is CCCCCCCCC(CCCCCC)COCCCCCCN(CCCO)CCCCCCOC=O. The van der Waals surface area contributed by atoms with Gasteiger partial charge in [0, 0.05) is 26.4 Å². The van der Waals surface area contributed by atoms with Crippen LogP contribution in [0.1, 0.15) is 149 Å². The van der Waals surface area contributed by atoms with Crippen LogP contribution in [0.15, 0.2) is 0 Å². The standard InChI is InChI=1S/C32H65NO4/c1-3-5-7-9-10-16-23-32(22-15-8-6-4-2)30-36-28-19-13-11-17-24-33(26-21-27-34)25-18-12-14-20-29-37-31-35/h31-32,34H,3-30H2,1-2H3. The lowest BCUT2D eigenvalue weighted by Gasteiger charge is -2.22. The zero-order valence-electron chi connectivity index (χ0n) is 25.1. The molecule has 1 atom stereocenters. The molecule has 0 aromatic heterocycles. The van der Waals surface area contributed by atoms with Crippen molar-refractivity contribution >= 4 is 6.47 Å². The van der Waals surface area contributed by atoms with Gasteiger partial charge in [0.25, 0.3) is 6.47 Å². The number of carbonyl (C=O) groups excluding carboxylic acids is 1. The molecule has 0 aromatic carbocycles. The molecule has 0 spiro atoms. The van der Waals surface area contributed by atoms with Crippen LogP contribution in [0.5, 0.6) is 0 Å². The fourth-order valence-electron chi connectivity index (χ4n) is 5.08. The molecule has 0 saturated carbocycles. The Labute approximate surface area is 231 Å². The summed E-state index contributed by atoms with van der Waals surface area (Å²) in [6.07, 6.45) is 26.7. The Bertz CT molecular complexity index is 435. The van der Waals surface area contributed by atoms with Gasteiger partial charge < -0.3 is 19.5 Å². The Hall–Kier alpha value is -0.650. The molecule has 1 unspecified atom stereocenters. The Morgan fingerprint density at radius 3 is 1.70 bits per heavy atom. The Kier molecular flexibility index (Phi) is 31.0. The fraction of sp³-hybridized carbons (Fsp3) is 0.969. The lowest BCUT2D eigenvalue weighted by Crippen LogP contribution is -2.28. The van der Waals surface area contributed by atoms with Crippen molar-refractivity contribution in [2.75, 3.05) is 46.1 Å². The van der Waals surface area contributed by atoms with E-state index in [1.807, 2.05) is 0 Å². The van der Waals surface area contributed by atoms with E-state index in [1.54, 1.807) is 0 Å². The van der Waals surface area contributed by atoms with Crippen molar-refractivity contribution in [3.05, 3.63) is 0 Å². The van der Waals surface area contributed by atoms with Crippen molar-refractivity contribution in [2.45, 2.75) is 149 Å². The molecule has 0 aliphatic rings. The van der Waals surface area contributed by atoms with Gasteiger partial charge in [-0.2, -0.15) is 0 Å². The van der Waals surface area contributed by atoms with Gasteiger partial charge in [0.15, 0.2) is 0 Å². The highest BCUT2D eigenvalue weighted by Crippen LogP contribution is 2.19. The minimum Gasteiger partial charge on any atom is -0.468 e. The molecule has 0 bridgehead atoms. The van der Waals surface area contributed by atoms with Crippen LogP contribution in [-0.2, 0) is 14.3 Å². The third-order valence-electron chi connectivity index (χ3n) is 7.49. The molecule has 0 aliphatic heterocycles. The van der Waals surface area contributed by atoms with E-state index in [2.05, 4.69) is 18.7 Å². The third-order valence-corrected chi connectivity index (χ3v) is 7.49. The molecule has 0 rings (SSSR count). The van der Waals surface area contributed by atoms with E-state index in [-0.39, 0.29) is 6.61 Å². The number of unbranched alkanes of at least 4 members (excludes halogenated alkanes) is 14. The van der Waals surface area contributed by atoms with Crippen molar-refractivity contribution in [1.82, 2.24) is 4.90 Å². The lowest BCUT2D eigenvalue weighted by atomic mass is 9.95. The first-order valence-corrected chi connectivity index (χ1v) is 16.2. The average Bonchev–Trinajstić information content (AvgIpc) is 2.91. The molecular weight excluding hydrogens is 462 g/mol. The molecule has 37 heavy (non-hydrogen) atoms. The first kappa shape index (κ1) is 36.4. The van der Waals surface area contributed by atoms with Crippen molar-refractivity contribution in [2.24, 2.45) is 5.92 Å². The van der Waals surface area contributed by atoms with Crippen LogP contribution >= 0.6 is 0 Å². The second-order valence-electron chi connectivity index (χ2n) is 11.1. The van der Waals surface area contributed by atoms with Crippen molar-refractivity contribution in [3.8, 4) is 0 Å².